The summed E-state index contributed by atoms with van der Waals surface area (Å²) < 4.78 is 22.2. The fraction of sp³-hybridized carbons (Fsp3) is 0.143. The summed E-state index contributed by atoms with van der Waals surface area (Å²) in [6.45, 7) is -0.145. The minimum absolute atomic E-state index is 0.238. The average Bonchev–Trinajstić information content (AvgIpc) is 2.98. The van der Waals surface area contributed by atoms with Crippen molar-refractivity contribution in [2.24, 2.45) is 0 Å². The van der Waals surface area contributed by atoms with Crippen LogP contribution in [0.5, 0.6) is 0 Å². The summed E-state index contributed by atoms with van der Waals surface area (Å²) >= 11 is 0. The van der Waals surface area contributed by atoms with Crippen LogP contribution in [0, 0.1) is 5.82 Å². The van der Waals surface area contributed by atoms with Crippen LogP contribution in [0.25, 0.3) is 0 Å². The molecule has 0 aliphatic rings. The number of rotatable bonds is 5. The number of ether oxygens (including phenoxy) is 1. The summed E-state index contributed by atoms with van der Waals surface area (Å²) in [5, 5.41) is 2.56. The van der Waals surface area contributed by atoms with Gasteiger partial charge in [-0.25, -0.2) is 9.18 Å². The van der Waals surface area contributed by atoms with Crippen LogP contribution in [0.1, 0.15) is 15.9 Å². The Kier molecular flexibility index (Phi) is 4.49. The first kappa shape index (κ1) is 13.8. The lowest BCUT2D eigenvalue weighted by molar-refractivity contribution is -0.124. The molecule has 0 aliphatic carbocycles. The molecule has 2 aromatic rings. The van der Waals surface area contributed by atoms with Crippen molar-refractivity contribution in [3.63, 3.8) is 0 Å². The highest BCUT2D eigenvalue weighted by Gasteiger charge is 2.10. The zero-order valence-electron chi connectivity index (χ0n) is 10.5. The maximum atomic E-state index is 12.7. The first-order valence-corrected chi connectivity index (χ1v) is 5.85. The highest BCUT2D eigenvalue weighted by Crippen LogP contribution is 2.03. The van der Waals surface area contributed by atoms with Crippen LogP contribution in [0.15, 0.2) is 47.3 Å². The summed E-state index contributed by atoms with van der Waals surface area (Å²) in [7, 11) is 0. The van der Waals surface area contributed by atoms with Gasteiger partial charge >= 0.3 is 5.97 Å². The van der Waals surface area contributed by atoms with Gasteiger partial charge in [0.15, 0.2) is 6.61 Å². The van der Waals surface area contributed by atoms with Gasteiger partial charge in [-0.15, -0.1) is 0 Å². The molecule has 0 bridgehead atoms. The van der Waals surface area contributed by atoms with Crippen LogP contribution < -0.4 is 5.32 Å². The fourth-order valence-corrected chi connectivity index (χ4v) is 1.45. The molecular formula is C14H12FNO4. The molecule has 5 nitrogen and oxygen atoms in total. The van der Waals surface area contributed by atoms with Crippen LogP contribution in [-0.2, 0) is 16.1 Å². The summed E-state index contributed by atoms with van der Waals surface area (Å²) in [5.74, 6) is -1.41. The molecule has 6 heteroatoms. The molecule has 20 heavy (non-hydrogen) atoms. The molecule has 1 N–H and O–H groups in total. The van der Waals surface area contributed by atoms with E-state index in [-0.39, 0.29) is 24.5 Å². The highest BCUT2D eigenvalue weighted by atomic mass is 19.1. The van der Waals surface area contributed by atoms with E-state index >= 15 is 0 Å². The van der Waals surface area contributed by atoms with Gasteiger partial charge in [0.2, 0.25) is 0 Å². The molecule has 0 spiro atoms. The third-order valence-corrected chi connectivity index (χ3v) is 2.49. The van der Waals surface area contributed by atoms with E-state index in [0.717, 1.165) is 5.56 Å². The molecule has 0 radical (unpaired) electrons. The van der Waals surface area contributed by atoms with Gasteiger partial charge in [-0.3, -0.25) is 4.79 Å². The normalized spacial score (nSPS) is 10.1. The Balaban J connectivity index is 1.73. The van der Waals surface area contributed by atoms with Crippen LogP contribution in [-0.4, -0.2) is 18.5 Å². The molecule has 0 unspecified atom stereocenters. The summed E-state index contributed by atoms with van der Waals surface area (Å²) in [4.78, 5) is 22.9. The Morgan fingerprint density at radius 3 is 2.60 bits per heavy atom. The zero-order chi connectivity index (χ0) is 14.4. The van der Waals surface area contributed by atoms with Crippen molar-refractivity contribution in [3.05, 3.63) is 59.8 Å². The molecule has 1 aromatic carbocycles. The standard InChI is InChI=1S/C14H12FNO4/c15-12-3-1-10(2-4-12)7-16-13(17)9-20-14(18)11-5-6-19-8-11/h1-6,8H,7,9H2,(H,16,17). The van der Waals surface area contributed by atoms with Crippen molar-refractivity contribution in [2.75, 3.05) is 6.61 Å². The predicted molar refractivity (Wildman–Crippen MR) is 67.2 cm³/mol. The molecule has 0 aliphatic heterocycles. The highest BCUT2D eigenvalue weighted by molar-refractivity contribution is 5.90. The molecule has 1 aromatic heterocycles. The van der Waals surface area contributed by atoms with Gasteiger partial charge in [-0.1, -0.05) is 12.1 Å². The first-order chi connectivity index (χ1) is 9.65. The molecule has 0 saturated heterocycles. The lowest BCUT2D eigenvalue weighted by Crippen LogP contribution is -2.28. The molecule has 2 rings (SSSR count). The van der Waals surface area contributed by atoms with Gasteiger partial charge in [0.05, 0.1) is 11.8 Å². The van der Waals surface area contributed by atoms with Crippen LogP contribution in [0.4, 0.5) is 4.39 Å². The number of benzene rings is 1. The molecule has 1 heterocycles. The van der Waals surface area contributed by atoms with E-state index in [2.05, 4.69) is 5.32 Å². The van der Waals surface area contributed by atoms with Gasteiger partial charge in [-0.05, 0) is 23.8 Å². The lowest BCUT2D eigenvalue weighted by atomic mass is 10.2. The molecule has 104 valence electrons. The SMILES string of the molecule is O=C(COC(=O)c1ccoc1)NCc1ccc(F)cc1. The van der Waals surface area contributed by atoms with Gasteiger partial charge in [0.25, 0.3) is 5.91 Å². The molecular weight excluding hydrogens is 265 g/mol. The second-order valence-corrected chi connectivity index (χ2v) is 3.99. The summed E-state index contributed by atoms with van der Waals surface area (Å²) in [6.07, 6.45) is 2.57. The van der Waals surface area contributed by atoms with Crippen molar-refractivity contribution in [1.29, 1.82) is 0 Å². The van der Waals surface area contributed by atoms with Crippen molar-refractivity contribution < 1.29 is 23.1 Å². The van der Waals surface area contributed by atoms with Gasteiger partial charge in [-0.2, -0.15) is 0 Å². The number of hydrogen-bond donors (Lipinski definition) is 1. The van der Waals surface area contributed by atoms with E-state index in [9.17, 15) is 14.0 Å². The first-order valence-electron chi connectivity index (χ1n) is 5.85. The van der Waals surface area contributed by atoms with E-state index in [1.165, 1.54) is 30.7 Å². The minimum Gasteiger partial charge on any atom is -0.472 e. The van der Waals surface area contributed by atoms with Gasteiger partial charge < -0.3 is 14.5 Å². The third kappa shape index (κ3) is 3.94. The number of nitrogens with one attached hydrogen (secondary N) is 1. The molecule has 0 saturated carbocycles. The Morgan fingerprint density at radius 1 is 1.20 bits per heavy atom. The average molecular weight is 277 g/mol. The predicted octanol–water partition coefficient (Wildman–Crippen LogP) is 1.89. The smallest absolute Gasteiger partial charge is 0.341 e. The summed E-state index contributed by atoms with van der Waals surface area (Å²) in [6, 6.07) is 7.18. The number of esters is 1. The molecule has 0 atom stereocenters. The van der Waals surface area contributed by atoms with Crippen LogP contribution >= 0.6 is 0 Å². The van der Waals surface area contributed by atoms with Crippen molar-refractivity contribution in [3.8, 4) is 0 Å². The number of furan rings is 1. The Labute approximate surface area is 114 Å². The van der Waals surface area contributed by atoms with Crippen molar-refractivity contribution in [2.45, 2.75) is 6.54 Å². The third-order valence-electron chi connectivity index (χ3n) is 2.49. The second kappa shape index (κ2) is 6.51. The van der Waals surface area contributed by atoms with E-state index in [0.29, 0.717) is 0 Å². The Bertz CT molecular complexity index is 578. The largest absolute Gasteiger partial charge is 0.472 e. The second-order valence-electron chi connectivity index (χ2n) is 3.99. The van der Waals surface area contributed by atoms with Crippen LogP contribution in [0.3, 0.4) is 0 Å². The monoisotopic (exact) mass is 277 g/mol. The topological polar surface area (TPSA) is 68.5 Å². The van der Waals surface area contributed by atoms with E-state index in [1.807, 2.05) is 0 Å². The number of halogens is 1. The number of amides is 1. The van der Waals surface area contributed by atoms with E-state index in [4.69, 9.17) is 9.15 Å². The molecule has 0 fully saturated rings. The van der Waals surface area contributed by atoms with Gasteiger partial charge in [0.1, 0.15) is 12.1 Å². The van der Waals surface area contributed by atoms with Gasteiger partial charge in [0, 0.05) is 6.54 Å². The Morgan fingerprint density at radius 2 is 1.95 bits per heavy atom. The minimum atomic E-state index is -0.629. The maximum absolute atomic E-state index is 12.7. The number of hydrogen-bond acceptors (Lipinski definition) is 4. The summed E-state index contributed by atoms with van der Waals surface area (Å²) in [5.41, 5.74) is 0.997. The number of carbonyl (C=O) groups excluding carboxylic acids is 2. The zero-order valence-corrected chi connectivity index (χ0v) is 10.5. The lowest BCUT2D eigenvalue weighted by Gasteiger charge is -2.06. The number of carbonyl (C=O) groups is 2. The van der Waals surface area contributed by atoms with Crippen molar-refractivity contribution in [1.82, 2.24) is 5.32 Å². The molecule has 1 amide bonds. The van der Waals surface area contributed by atoms with E-state index < -0.39 is 11.9 Å². The van der Waals surface area contributed by atoms with E-state index in [1.54, 1.807) is 12.1 Å². The Hall–Kier alpha value is -2.63. The maximum Gasteiger partial charge on any atom is 0.341 e. The van der Waals surface area contributed by atoms with Crippen LogP contribution in [0.2, 0.25) is 0 Å². The van der Waals surface area contributed by atoms with Crippen molar-refractivity contribution >= 4 is 11.9 Å². The fourth-order valence-electron chi connectivity index (χ4n) is 1.45. The quantitative estimate of drug-likeness (QED) is 0.847.